The van der Waals surface area contributed by atoms with Gasteiger partial charge >= 0.3 is 0 Å². The fourth-order valence-corrected chi connectivity index (χ4v) is 2.71. The Morgan fingerprint density at radius 1 is 1.16 bits per heavy atom. The first-order chi connectivity index (χ1) is 9.18. The summed E-state index contributed by atoms with van der Waals surface area (Å²) in [6, 6.07) is 13.5. The van der Waals surface area contributed by atoms with Crippen molar-refractivity contribution in [3.05, 3.63) is 53.1 Å². The van der Waals surface area contributed by atoms with Crippen molar-refractivity contribution >= 4 is 29.1 Å². The molecule has 2 aromatic carbocycles. The number of aryl methyl sites for hydroxylation is 1. The lowest BCUT2D eigenvalue weighted by atomic mass is 10.2. The molecule has 0 aliphatic rings. The van der Waals surface area contributed by atoms with Crippen LogP contribution in [-0.2, 0) is 0 Å². The molecule has 0 unspecified atom stereocenters. The van der Waals surface area contributed by atoms with Gasteiger partial charge in [0.2, 0.25) is 0 Å². The van der Waals surface area contributed by atoms with E-state index in [2.05, 4.69) is 0 Å². The van der Waals surface area contributed by atoms with E-state index in [1.807, 2.05) is 49.4 Å². The normalized spacial score (nSPS) is 10.4. The van der Waals surface area contributed by atoms with Crippen LogP contribution < -0.4 is 10.5 Å². The van der Waals surface area contributed by atoms with Gasteiger partial charge in [0.15, 0.2) is 0 Å². The molecule has 0 heterocycles. The van der Waals surface area contributed by atoms with Gasteiger partial charge in [-0.1, -0.05) is 35.9 Å². The van der Waals surface area contributed by atoms with Crippen molar-refractivity contribution < 1.29 is 4.74 Å². The van der Waals surface area contributed by atoms with Gasteiger partial charge in [-0.25, -0.2) is 0 Å². The number of hydrogen-bond donors (Lipinski definition) is 1. The lowest BCUT2D eigenvalue weighted by Crippen LogP contribution is -2.01. The zero-order valence-corrected chi connectivity index (χ0v) is 12.3. The Balaban J connectivity index is 1.84. The number of para-hydroxylation sites is 2. The third-order valence-electron chi connectivity index (χ3n) is 2.72. The van der Waals surface area contributed by atoms with Crippen LogP contribution in [0.5, 0.6) is 5.75 Å². The third-order valence-corrected chi connectivity index (χ3v) is 4.07. The highest BCUT2D eigenvalue weighted by atomic mass is 35.5. The second kappa shape index (κ2) is 6.73. The van der Waals surface area contributed by atoms with E-state index >= 15 is 0 Å². The Labute approximate surface area is 122 Å². The summed E-state index contributed by atoms with van der Waals surface area (Å²) in [5.74, 6) is 1.56. The zero-order valence-electron chi connectivity index (χ0n) is 10.7. The molecule has 0 aromatic heterocycles. The van der Waals surface area contributed by atoms with E-state index < -0.39 is 0 Å². The zero-order chi connectivity index (χ0) is 13.7. The maximum absolute atomic E-state index is 6.02. The summed E-state index contributed by atoms with van der Waals surface area (Å²) in [5, 5.41) is 0.641. The fourth-order valence-electron chi connectivity index (χ4n) is 1.64. The van der Waals surface area contributed by atoms with Gasteiger partial charge in [0, 0.05) is 16.3 Å². The molecule has 0 aliphatic carbocycles. The molecule has 0 aliphatic heterocycles. The Morgan fingerprint density at radius 3 is 2.74 bits per heavy atom. The van der Waals surface area contributed by atoms with E-state index in [1.54, 1.807) is 11.8 Å². The summed E-state index contributed by atoms with van der Waals surface area (Å²) in [4.78, 5) is 1.10. The summed E-state index contributed by atoms with van der Waals surface area (Å²) in [6.45, 7) is 2.61. The molecule has 0 radical (unpaired) electrons. The average Bonchev–Trinajstić information content (AvgIpc) is 2.41. The fraction of sp³-hybridized carbons (Fsp3) is 0.200. The standard InChI is InChI=1S/C15H16ClNOS/c1-11-5-4-8-14(15(11)17)19-10-9-18-13-7-3-2-6-12(13)16/h2-8H,9-10,17H2,1H3. The molecule has 2 rings (SSSR count). The van der Waals surface area contributed by atoms with E-state index in [0.717, 1.165) is 27.6 Å². The maximum Gasteiger partial charge on any atom is 0.137 e. The molecule has 0 atom stereocenters. The van der Waals surface area contributed by atoms with Gasteiger partial charge in [-0.3, -0.25) is 0 Å². The van der Waals surface area contributed by atoms with E-state index in [0.29, 0.717) is 11.6 Å². The molecule has 0 amide bonds. The molecule has 0 saturated carbocycles. The van der Waals surface area contributed by atoms with Crippen LogP contribution in [0.3, 0.4) is 0 Å². The predicted octanol–water partition coefficient (Wildman–Crippen LogP) is 4.40. The number of thioether (sulfide) groups is 1. The van der Waals surface area contributed by atoms with Gasteiger partial charge in [-0.15, -0.1) is 11.8 Å². The second-order valence-electron chi connectivity index (χ2n) is 4.11. The first-order valence-electron chi connectivity index (χ1n) is 6.03. The highest BCUT2D eigenvalue weighted by molar-refractivity contribution is 7.99. The number of anilines is 1. The van der Waals surface area contributed by atoms with Crippen LogP contribution in [0.15, 0.2) is 47.4 Å². The van der Waals surface area contributed by atoms with Gasteiger partial charge in [0.25, 0.3) is 0 Å². The van der Waals surface area contributed by atoms with E-state index in [4.69, 9.17) is 22.1 Å². The topological polar surface area (TPSA) is 35.2 Å². The van der Waals surface area contributed by atoms with Crippen LogP contribution in [0.1, 0.15) is 5.56 Å². The predicted molar refractivity (Wildman–Crippen MR) is 83.3 cm³/mol. The van der Waals surface area contributed by atoms with Gasteiger partial charge in [-0.05, 0) is 30.7 Å². The van der Waals surface area contributed by atoms with Crippen LogP contribution in [-0.4, -0.2) is 12.4 Å². The quantitative estimate of drug-likeness (QED) is 0.504. The molecular formula is C15H16ClNOS. The van der Waals surface area contributed by atoms with Crippen molar-refractivity contribution in [2.45, 2.75) is 11.8 Å². The largest absolute Gasteiger partial charge is 0.491 e. The minimum absolute atomic E-state index is 0.599. The molecule has 0 fully saturated rings. The molecule has 100 valence electrons. The average molecular weight is 294 g/mol. The van der Waals surface area contributed by atoms with E-state index in [1.165, 1.54) is 0 Å². The number of rotatable bonds is 5. The van der Waals surface area contributed by atoms with Crippen molar-refractivity contribution in [3.8, 4) is 5.75 Å². The van der Waals surface area contributed by atoms with Crippen molar-refractivity contribution in [1.29, 1.82) is 0 Å². The lowest BCUT2D eigenvalue weighted by Gasteiger charge is -2.09. The number of nitrogen functional groups attached to an aromatic ring is 1. The summed E-state index contributed by atoms with van der Waals surface area (Å²) < 4.78 is 5.64. The Morgan fingerprint density at radius 2 is 1.95 bits per heavy atom. The van der Waals surface area contributed by atoms with E-state index in [-0.39, 0.29) is 0 Å². The molecule has 2 N–H and O–H groups in total. The molecule has 0 spiro atoms. The van der Waals surface area contributed by atoms with Crippen LogP contribution in [0.2, 0.25) is 5.02 Å². The summed E-state index contributed by atoms with van der Waals surface area (Å²) >= 11 is 7.71. The van der Waals surface area contributed by atoms with Crippen molar-refractivity contribution in [1.82, 2.24) is 0 Å². The van der Waals surface area contributed by atoms with Crippen LogP contribution in [0, 0.1) is 6.92 Å². The minimum Gasteiger partial charge on any atom is -0.491 e. The highest BCUT2D eigenvalue weighted by Crippen LogP contribution is 2.28. The molecule has 2 nitrogen and oxygen atoms in total. The Kier molecular flexibility index (Phi) is 5.00. The first-order valence-corrected chi connectivity index (χ1v) is 7.40. The molecule has 0 bridgehead atoms. The summed E-state index contributed by atoms with van der Waals surface area (Å²) in [7, 11) is 0. The van der Waals surface area contributed by atoms with Gasteiger partial charge in [0.1, 0.15) is 5.75 Å². The van der Waals surface area contributed by atoms with Crippen LogP contribution >= 0.6 is 23.4 Å². The van der Waals surface area contributed by atoms with Gasteiger partial charge < -0.3 is 10.5 Å². The SMILES string of the molecule is Cc1cccc(SCCOc2ccccc2Cl)c1N. The molecule has 4 heteroatoms. The number of hydrogen-bond acceptors (Lipinski definition) is 3. The first kappa shape index (κ1) is 14.1. The molecular weight excluding hydrogens is 278 g/mol. The monoisotopic (exact) mass is 293 g/mol. The smallest absolute Gasteiger partial charge is 0.137 e. The number of nitrogens with two attached hydrogens (primary N) is 1. The minimum atomic E-state index is 0.599. The molecule has 2 aromatic rings. The van der Waals surface area contributed by atoms with Crippen molar-refractivity contribution in [2.75, 3.05) is 18.1 Å². The van der Waals surface area contributed by atoms with Crippen LogP contribution in [0.25, 0.3) is 0 Å². The van der Waals surface area contributed by atoms with Gasteiger partial charge in [-0.2, -0.15) is 0 Å². The lowest BCUT2D eigenvalue weighted by molar-refractivity contribution is 0.344. The van der Waals surface area contributed by atoms with E-state index in [9.17, 15) is 0 Å². The Bertz CT molecular complexity index is 560. The van der Waals surface area contributed by atoms with Gasteiger partial charge in [0.05, 0.1) is 11.6 Å². The number of halogens is 1. The highest BCUT2D eigenvalue weighted by Gasteiger charge is 2.03. The summed E-state index contributed by atoms with van der Waals surface area (Å²) in [5.41, 5.74) is 7.98. The maximum atomic E-state index is 6.02. The second-order valence-corrected chi connectivity index (χ2v) is 5.66. The summed E-state index contributed by atoms with van der Waals surface area (Å²) in [6.07, 6.45) is 0. The van der Waals surface area contributed by atoms with Crippen molar-refractivity contribution in [3.63, 3.8) is 0 Å². The molecule has 19 heavy (non-hydrogen) atoms. The van der Waals surface area contributed by atoms with Crippen molar-refractivity contribution in [2.24, 2.45) is 0 Å². The Hall–Kier alpha value is -1.32. The number of benzene rings is 2. The molecule has 0 saturated heterocycles. The third kappa shape index (κ3) is 3.82. The number of ether oxygens (including phenoxy) is 1. The van der Waals surface area contributed by atoms with Crippen LogP contribution in [0.4, 0.5) is 5.69 Å².